The number of carbonyl (C=O) groups is 2. The van der Waals surface area contributed by atoms with Crippen molar-refractivity contribution in [3.63, 3.8) is 0 Å². The van der Waals surface area contributed by atoms with Gasteiger partial charge in [0.2, 0.25) is 5.91 Å². The van der Waals surface area contributed by atoms with E-state index in [0.29, 0.717) is 31.7 Å². The second-order valence-corrected chi connectivity index (χ2v) is 7.86. The summed E-state index contributed by atoms with van der Waals surface area (Å²) in [6, 6.07) is 13.3. The van der Waals surface area contributed by atoms with Gasteiger partial charge in [-0.2, -0.15) is 0 Å². The van der Waals surface area contributed by atoms with Crippen LogP contribution in [0.2, 0.25) is 0 Å². The quantitative estimate of drug-likeness (QED) is 0.822. The van der Waals surface area contributed by atoms with Crippen LogP contribution in [0, 0.1) is 5.92 Å². The van der Waals surface area contributed by atoms with Crippen LogP contribution in [-0.4, -0.2) is 66.0 Å². The van der Waals surface area contributed by atoms with E-state index < -0.39 is 0 Å². The fourth-order valence-corrected chi connectivity index (χ4v) is 4.01. The van der Waals surface area contributed by atoms with E-state index in [2.05, 4.69) is 21.3 Å². The normalized spacial score (nSPS) is 18.2. The summed E-state index contributed by atoms with van der Waals surface area (Å²) >= 11 is 0. The van der Waals surface area contributed by atoms with Crippen molar-refractivity contribution in [3.05, 3.63) is 59.8 Å². The topological polar surface area (TPSA) is 74.8 Å². The number of hydrogen-bond donors (Lipinski definition) is 1. The lowest BCUT2D eigenvalue weighted by molar-refractivity contribution is -0.121. The van der Waals surface area contributed by atoms with Gasteiger partial charge in [-0.1, -0.05) is 18.2 Å². The fourth-order valence-electron chi connectivity index (χ4n) is 4.01. The van der Waals surface area contributed by atoms with Crippen molar-refractivity contribution in [2.24, 2.45) is 5.92 Å². The van der Waals surface area contributed by atoms with Crippen LogP contribution in [-0.2, 0) is 16.1 Å². The predicted molar refractivity (Wildman–Crippen MR) is 114 cm³/mol. The van der Waals surface area contributed by atoms with E-state index in [9.17, 15) is 9.59 Å². The molecule has 7 heteroatoms. The van der Waals surface area contributed by atoms with E-state index in [-0.39, 0.29) is 17.7 Å². The molecular weight excluding hydrogens is 380 g/mol. The van der Waals surface area contributed by atoms with Crippen LogP contribution in [0.5, 0.6) is 0 Å². The zero-order chi connectivity index (χ0) is 20.8. The predicted octanol–water partition coefficient (Wildman–Crippen LogP) is 2.40. The minimum Gasteiger partial charge on any atom is -0.379 e. The van der Waals surface area contributed by atoms with E-state index in [4.69, 9.17) is 4.74 Å². The van der Waals surface area contributed by atoms with Crippen molar-refractivity contribution in [3.8, 4) is 0 Å². The van der Waals surface area contributed by atoms with Crippen LogP contribution >= 0.6 is 0 Å². The molecule has 3 heterocycles. The third kappa shape index (κ3) is 5.23. The molecule has 2 saturated heterocycles. The number of piperidine rings is 1. The highest BCUT2D eigenvalue weighted by molar-refractivity contribution is 5.95. The number of aromatic nitrogens is 1. The lowest BCUT2D eigenvalue weighted by Crippen LogP contribution is -2.41. The van der Waals surface area contributed by atoms with Gasteiger partial charge in [-0.25, -0.2) is 4.98 Å². The van der Waals surface area contributed by atoms with Crippen molar-refractivity contribution in [2.75, 3.05) is 44.7 Å². The molecule has 0 spiro atoms. The maximum Gasteiger partial charge on any atom is 0.253 e. The Morgan fingerprint density at radius 1 is 1.03 bits per heavy atom. The first kappa shape index (κ1) is 20.5. The number of pyridine rings is 1. The second-order valence-electron chi connectivity index (χ2n) is 7.86. The zero-order valence-corrected chi connectivity index (χ0v) is 17.1. The zero-order valence-electron chi connectivity index (χ0n) is 17.1. The summed E-state index contributed by atoms with van der Waals surface area (Å²) in [5.74, 6) is 0.498. The highest BCUT2D eigenvalue weighted by Gasteiger charge is 2.28. The lowest BCUT2D eigenvalue weighted by atomic mass is 9.95. The van der Waals surface area contributed by atoms with Gasteiger partial charge in [0, 0.05) is 50.4 Å². The number of nitrogens with zero attached hydrogens (tertiary/aromatic N) is 3. The first-order chi connectivity index (χ1) is 14.7. The van der Waals surface area contributed by atoms with Crippen LogP contribution < -0.4 is 5.32 Å². The number of benzene rings is 1. The molecule has 2 amide bonds. The van der Waals surface area contributed by atoms with Crippen molar-refractivity contribution >= 4 is 17.6 Å². The Hall–Kier alpha value is -2.77. The molecule has 0 atom stereocenters. The van der Waals surface area contributed by atoms with E-state index in [1.807, 2.05) is 35.2 Å². The van der Waals surface area contributed by atoms with Gasteiger partial charge in [-0.15, -0.1) is 0 Å². The number of morpholine rings is 1. The van der Waals surface area contributed by atoms with Gasteiger partial charge in [0.25, 0.3) is 5.91 Å². The Labute approximate surface area is 177 Å². The molecule has 2 aliphatic rings. The number of amides is 2. The van der Waals surface area contributed by atoms with Crippen molar-refractivity contribution in [1.29, 1.82) is 0 Å². The molecule has 0 unspecified atom stereocenters. The molecule has 0 aliphatic carbocycles. The van der Waals surface area contributed by atoms with Crippen molar-refractivity contribution in [1.82, 2.24) is 14.8 Å². The molecule has 1 N–H and O–H groups in total. The smallest absolute Gasteiger partial charge is 0.253 e. The fraction of sp³-hybridized carbons (Fsp3) is 0.435. The molecule has 7 nitrogen and oxygen atoms in total. The van der Waals surface area contributed by atoms with Gasteiger partial charge in [0.1, 0.15) is 5.82 Å². The molecule has 2 aromatic rings. The number of ether oxygens (including phenoxy) is 1. The first-order valence-corrected chi connectivity index (χ1v) is 10.6. The van der Waals surface area contributed by atoms with Crippen LogP contribution in [0.3, 0.4) is 0 Å². The molecule has 30 heavy (non-hydrogen) atoms. The third-order valence-corrected chi connectivity index (χ3v) is 5.75. The van der Waals surface area contributed by atoms with E-state index in [1.54, 1.807) is 12.3 Å². The SMILES string of the molecule is O=C(Nc1ccccn1)C1CCN(C(=O)c2cccc(CN3CCOCC3)c2)CC1. The second kappa shape index (κ2) is 9.82. The van der Waals surface area contributed by atoms with Crippen molar-refractivity contribution < 1.29 is 14.3 Å². The summed E-state index contributed by atoms with van der Waals surface area (Å²) < 4.78 is 5.40. The third-order valence-electron chi connectivity index (χ3n) is 5.75. The standard InChI is InChI=1S/C23H28N4O3/c28-22(25-21-6-1-2-9-24-21)19-7-10-27(11-8-19)23(29)20-5-3-4-18(16-20)17-26-12-14-30-15-13-26/h1-6,9,16,19H,7-8,10-15,17H2,(H,24,25,28). The highest BCUT2D eigenvalue weighted by atomic mass is 16.5. The van der Waals surface area contributed by atoms with Gasteiger partial charge >= 0.3 is 0 Å². The summed E-state index contributed by atoms with van der Waals surface area (Å²) in [4.78, 5) is 33.8. The molecule has 0 bridgehead atoms. The molecular formula is C23H28N4O3. The number of hydrogen-bond acceptors (Lipinski definition) is 5. The van der Waals surface area contributed by atoms with Gasteiger partial charge in [0.15, 0.2) is 0 Å². The first-order valence-electron chi connectivity index (χ1n) is 10.6. The van der Waals surface area contributed by atoms with Gasteiger partial charge < -0.3 is 15.0 Å². The molecule has 2 fully saturated rings. The number of anilines is 1. The molecule has 4 rings (SSSR count). The number of rotatable bonds is 5. The van der Waals surface area contributed by atoms with Crippen molar-refractivity contribution in [2.45, 2.75) is 19.4 Å². The van der Waals surface area contributed by atoms with E-state index >= 15 is 0 Å². The molecule has 0 saturated carbocycles. The molecule has 1 aromatic heterocycles. The van der Waals surface area contributed by atoms with E-state index in [0.717, 1.165) is 44.0 Å². The maximum atomic E-state index is 13.0. The largest absolute Gasteiger partial charge is 0.379 e. The van der Waals surface area contributed by atoms with Gasteiger partial charge in [-0.05, 0) is 42.7 Å². The summed E-state index contributed by atoms with van der Waals surface area (Å²) in [7, 11) is 0. The van der Waals surface area contributed by atoms with Crippen LogP contribution in [0.1, 0.15) is 28.8 Å². The Balaban J connectivity index is 1.30. The van der Waals surface area contributed by atoms with Gasteiger partial charge in [0.05, 0.1) is 13.2 Å². The molecule has 2 aliphatic heterocycles. The minimum atomic E-state index is -0.0938. The summed E-state index contributed by atoms with van der Waals surface area (Å²) in [5.41, 5.74) is 1.87. The molecule has 0 radical (unpaired) electrons. The number of nitrogens with one attached hydrogen (secondary N) is 1. The highest BCUT2D eigenvalue weighted by Crippen LogP contribution is 2.21. The Bertz CT molecular complexity index is 860. The van der Waals surface area contributed by atoms with E-state index in [1.165, 1.54) is 0 Å². The number of likely N-dealkylation sites (tertiary alicyclic amines) is 1. The minimum absolute atomic E-state index is 0.0201. The molecule has 1 aromatic carbocycles. The maximum absolute atomic E-state index is 13.0. The molecule has 158 valence electrons. The monoisotopic (exact) mass is 408 g/mol. The van der Waals surface area contributed by atoms with Crippen LogP contribution in [0.25, 0.3) is 0 Å². The summed E-state index contributed by atoms with van der Waals surface area (Å²) in [6.07, 6.45) is 2.99. The Kier molecular flexibility index (Phi) is 6.71. The average molecular weight is 409 g/mol. The summed E-state index contributed by atoms with van der Waals surface area (Å²) in [5, 5.41) is 2.87. The Morgan fingerprint density at radius 2 is 1.83 bits per heavy atom. The van der Waals surface area contributed by atoms with Gasteiger partial charge in [-0.3, -0.25) is 14.5 Å². The summed E-state index contributed by atoms with van der Waals surface area (Å²) in [6.45, 7) is 5.39. The van der Waals surface area contributed by atoms with Crippen LogP contribution in [0.15, 0.2) is 48.7 Å². The lowest BCUT2D eigenvalue weighted by Gasteiger charge is -2.31. The van der Waals surface area contributed by atoms with Crippen LogP contribution in [0.4, 0.5) is 5.82 Å². The average Bonchev–Trinajstić information content (AvgIpc) is 2.80. The Morgan fingerprint density at radius 3 is 2.57 bits per heavy atom. The number of carbonyl (C=O) groups excluding carboxylic acids is 2.